The van der Waals surface area contributed by atoms with E-state index in [0.29, 0.717) is 39.4 Å². The molecular weight excluding hydrogens is 464 g/mol. The summed E-state index contributed by atoms with van der Waals surface area (Å²) in [6.45, 7) is 3.56. The molecule has 0 spiro atoms. The number of anilines is 2. The van der Waals surface area contributed by atoms with Crippen molar-refractivity contribution in [3.8, 4) is 11.3 Å². The Morgan fingerprint density at radius 3 is 2.40 bits per heavy atom. The monoisotopic (exact) mass is 488 g/mol. The quantitative estimate of drug-likeness (QED) is 0.371. The Morgan fingerprint density at radius 1 is 0.943 bits per heavy atom. The molecule has 0 aliphatic heterocycles. The molecule has 0 saturated carbocycles. The number of fused-ring (bicyclic) bond motifs is 1. The number of para-hydroxylation sites is 2. The summed E-state index contributed by atoms with van der Waals surface area (Å²) in [5.41, 5.74) is 3.45. The van der Waals surface area contributed by atoms with Crippen LogP contribution in [0.25, 0.3) is 22.3 Å². The summed E-state index contributed by atoms with van der Waals surface area (Å²) in [6, 6.07) is 19.5. The van der Waals surface area contributed by atoms with Gasteiger partial charge in [0.05, 0.1) is 16.7 Å². The van der Waals surface area contributed by atoms with E-state index in [0.717, 1.165) is 12.0 Å². The Kier molecular flexibility index (Phi) is 7.27. The first-order valence-electron chi connectivity index (χ1n) is 11.4. The number of rotatable bonds is 7. The van der Waals surface area contributed by atoms with Crippen LogP contribution in [0.3, 0.4) is 0 Å². The van der Waals surface area contributed by atoms with Gasteiger partial charge in [-0.2, -0.15) is 0 Å². The van der Waals surface area contributed by atoms with Crippen LogP contribution in [-0.4, -0.2) is 21.4 Å². The molecule has 0 aliphatic rings. The molecule has 0 aliphatic carbocycles. The molecule has 35 heavy (non-hydrogen) atoms. The van der Waals surface area contributed by atoms with Crippen LogP contribution in [0.1, 0.15) is 25.8 Å². The molecule has 178 valence electrons. The highest BCUT2D eigenvalue weighted by atomic mass is 35.5. The first-order valence-corrected chi connectivity index (χ1v) is 11.8. The number of aromatic nitrogens is 2. The van der Waals surface area contributed by atoms with Crippen molar-refractivity contribution in [3.63, 3.8) is 0 Å². The Hall–Kier alpha value is -3.97. The molecule has 0 saturated heterocycles. The van der Waals surface area contributed by atoms with Gasteiger partial charge >= 0.3 is 0 Å². The molecule has 0 bridgehead atoms. The van der Waals surface area contributed by atoms with Crippen LogP contribution in [0.15, 0.2) is 71.5 Å². The van der Waals surface area contributed by atoms with E-state index in [-0.39, 0.29) is 24.1 Å². The zero-order chi connectivity index (χ0) is 24.9. The van der Waals surface area contributed by atoms with E-state index in [2.05, 4.69) is 15.6 Å². The summed E-state index contributed by atoms with van der Waals surface area (Å²) >= 11 is 5.92. The van der Waals surface area contributed by atoms with Crippen molar-refractivity contribution in [1.29, 1.82) is 0 Å². The van der Waals surface area contributed by atoms with Crippen LogP contribution in [0.5, 0.6) is 0 Å². The number of hydrogen-bond donors (Lipinski definition) is 2. The van der Waals surface area contributed by atoms with Gasteiger partial charge in [-0.3, -0.25) is 19.0 Å². The Balaban J connectivity index is 1.82. The fourth-order valence-electron chi connectivity index (χ4n) is 3.76. The van der Waals surface area contributed by atoms with Crippen molar-refractivity contribution in [3.05, 3.63) is 87.7 Å². The van der Waals surface area contributed by atoms with E-state index in [1.807, 2.05) is 25.1 Å². The fraction of sp³-hybridized carbons (Fsp3) is 0.185. The SMILES string of the molecule is CCC(=O)Nc1ccc(CC)cc1-c1nc2ccccc2n(CC(=O)Nc2ccc(Cl)cc2)c1=O. The molecule has 1 aromatic heterocycles. The summed E-state index contributed by atoms with van der Waals surface area (Å²) in [7, 11) is 0. The van der Waals surface area contributed by atoms with Gasteiger partial charge in [0.25, 0.3) is 5.56 Å². The van der Waals surface area contributed by atoms with Crippen molar-refractivity contribution in [2.75, 3.05) is 10.6 Å². The van der Waals surface area contributed by atoms with Gasteiger partial charge in [0.15, 0.2) is 0 Å². The highest BCUT2D eigenvalue weighted by molar-refractivity contribution is 6.30. The standard InChI is InChI=1S/C27H25ClN4O3/c1-3-17-9-14-21(30-24(33)4-2)20(15-17)26-27(35)32(23-8-6-5-7-22(23)31-26)16-25(34)29-19-12-10-18(28)11-13-19/h5-15H,3-4,16H2,1-2H3,(H,29,34)(H,30,33). The number of aryl methyl sites for hydroxylation is 1. The van der Waals surface area contributed by atoms with E-state index in [1.54, 1.807) is 55.5 Å². The lowest BCUT2D eigenvalue weighted by atomic mass is 10.0. The predicted molar refractivity (Wildman–Crippen MR) is 140 cm³/mol. The van der Waals surface area contributed by atoms with Crippen molar-refractivity contribution in [2.45, 2.75) is 33.2 Å². The second-order valence-corrected chi connectivity index (χ2v) is 8.47. The Morgan fingerprint density at radius 2 is 1.69 bits per heavy atom. The lowest BCUT2D eigenvalue weighted by Crippen LogP contribution is -2.30. The van der Waals surface area contributed by atoms with Crippen LogP contribution in [-0.2, 0) is 22.6 Å². The summed E-state index contributed by atoms with van der Waals surface area (Å²) in [6.07, 6.45) is 1.05. The minimum atomic E-state index is -0.421. The molecule has 0 unspecified atom stereocenters. The van der Waals surface area contributed by atoms with Crippen LogP contribution >= 0.6 is 11.6 Å². The summed E-state index contributed by atoms with van der Waals surface area (Å²) in [5.74, 6) is -0.530. The maximum absolute atomic E-state index is 13.7. The van der Waals surface area contributed by atoms with Gasteiger partial charge in [-0.25, -0.2) is 4.98 Å². The first-order chi connectivity index (χ1) is 16.9. The van der Waals surface area contributed by atoms with Gasteiger partial charge in [-0.15, -0.1) is 0 Å². The van der Waals surface area contributed by atoms with Crippen LogP contribution in [0, 0.1) is 0 Å². The molecule has 2 N–H and O–H groups in total. The molecule has 7 nitrogen and oxygen atoms in total. The predicted octanol–water partition coefficient (Wildman–Crippen LogP) is 5.27. The third-order valence-corrected chi connectivity index (χ3v) is 5.88. The van der Waals surface area contributed by atoms with Crippen molar-refractivity contribution in [1.82, 2.24) is 9.55 Å². The maximum atomic E-state index is 13.7. The number of halogens is 1. The van der Waals surface area contributed by atoms with Crippen LogP contribution < -0.4 is 16.2 Å². The second kappa shape index (κ2) is 10.5. The van der Waals surface area contributed by atoms with Crippen LogP contribution in [0.4, 0.5) is 11.4 Å². The van der Waals surface area contributed by atoms with Gasteiger partial charge in [0.2, 0.25) is 11.8 Å². The van der Waals surface area contributed by atoms with Gasteiger partial charge in [-0.05, 0) is 60.5 Å². The summed E-state index contributed by atoms with van der Waals surface area (Å²) in [4.78, 5) is 43.4. The molecule has 4 rings (SSSR count). The van der Waals surface area contributed by atoms with Crippen molar-refractivity contribution in [2.24, 2.45) is 0 Å². The number of nitrogens with one attached hydrogen (secondary N) is 2. The molecule has 0 fully saturated rings. The van der Waals surface area contributed by atoms with Gasteiger partial charge < -0.3 is 10.6 Å². The molecule has 0 radical (unpaired) electrons. The van der Waals surface area contributed by atoms with E-state index in [9.17, 15) is 14.4 Å². The molecular formula is C27H25ClN4O3. The zero-order valence-corrected chi connectivity index (χ0v) is 20.2. The normalized spacial score (nSPS) is 10.8. The first kappa shape index (κ1) is 24.2. The summed E-state index contributed by atoms with van der Waals surface area (Å²) < 4.78 is 1.41. The van der Waals surface area contributed by atoms with E-state index in [4.69, 9.17) is 11.6 Å². The van der Waals surface area contributed by atoms with Crippen molar-refractivity contribution < 1.29 is 9.59 Å². The highest BCUT2D eigenvalue weighted by Gasteiger charge is 2.19. The van der Waals surface area contributed by atoms with Gasteiger partial charge in [0, 0.05) is 22.7 Å². The number of carbonyl (C=O) groups is 2. The molecule has 1 heterocycles. The van der Waals surface area contributed by atoms with Crippen LogP contribution in [0.2, 0.25) is 5.02 Å². The largest absolute Gasteiger partial charge is 0.325 e. The number of nitrogens with zero attached hydrogens (tertiary/aromatic N) is 2. The average molecular weight is 489 g/mol. The number of hydrogen-bond acceptors (Lipinski definition) is 4. The van der Waals surface area contributed by atoms with Gasteiger partial charge in [-0.1, -0.05) is 43.6 Å². The maximum Gasteiger partial charge on any atom is 0.278 e. The zero-order valence-electron chi connectivity index (χ0n) is 19.5. The lowest BCUT2D eigenvalue weighted by molar-refractivity contribution is -0.117. The number of benzene rings is 3. The van der Waals surface area contributed by atoms with Gasteiger partial charge in [0.1, 0.15) is 12.2 Å². The second-order valence-electron chi connectivity index (χ2n) is 8.03. The summed E-state index contributed by atoms with van der Waals surface area (Å²) in [5, 5.41) is 6.22. The Bertz CT molecular complexity index is 1460. The lowest BCUT2D eigenvalue weighted by Gasteiger charge is -2.15. The smallest absolute Gasteiger partial charge is 0.278 e. The van der Waals surface area contributed by atoms with E-state index < -0.39 is 5.56 Å². The number of amides is 2. The van der Waals surface area contributed by atoms with E-state index >= 15 is 0 Å². The highest BCUT2D eigenvalue weighted by Crippen LogP contribution is 2.28. The fourth-order valence-corrected chi connectivity index (χ4v) is 3.88. The number of carbonyl (C=O) groups excluding carboxylic acids is 2. The molecule has 3 aromatic carbocycles. The molecule has 2 amide bonds. The minimum absolute atomic E-state index is 0.168. The molecule has 8 heteroatoms. The average Bonchev–Trinajstić information content (AvgIpc) is 2.87. The minimum Gasteiger partial charge on any atom is -0.325 e. The topological polar surface area (TPSA) is 93.1 Å². The Labute approximate surface area is 207 Å². The third kappa shape index (κ3) is 5.41. The molecule has 0 atom stereocenters. The van der Waals surface area contributed by atoms with Crippen molar-refractivity contribution >= 4 is 45.8 Å². The van der Waals surface area contributed by atoms with E-state index in [1.165, 1.54) is 4.57 Å². The third-order valence-electron chi connectivity index (χ3n) is 5.62. The molecule has 4 aromatic rings.